The molecule has 8 rings (SSSR count). The Bertz CT molecular complexity index is 2080. The molecule has 0 radical (unpaired) electrons. The molecule has 0 aliphatic carbocycles. The predicted octanol–water partition coefficient (Wildman–Crippen LogP) is 9.33. The number of unbranched alkanes of at least 4 members (excludes halogenated alkanes) is 1. The summed E-state index contributed by atoms with van der Waals surface area (Å²) in [6, 6.07) is 26.6. The molecule has 0 spiro atoms. The normalized spacial score (nSPS) is 21.7. The second-order valence-corrected chi connectivity index (χ2v) is 17.2. The number of allylic oxidation sites excluding steroid dienone is 4. The van der Waals surface area contributed by atoms with Crippen LogP contribution < -0.4 is 9.80 Å². The Balaban J connectivity index is 1.10. The summed E-state index contributed by atoms with van der Waals surface area (Å²) in [6.07, 6.45) is 10.9. The van der Waals surface area contributed by atoms with E-state index in [1.165, 1.54) is 56.4 Å². The van der Waals surface area contributed by atoms with Crippen LogP contribution in [0.4, 0.5) is 23.0 Å². The average Bonchev–Trinajstić information content (AvgIpc) is 3.64. The molecule has 0 bridgehead atoms. The van der Waals surface area contributed by atoms with Gasteiger partial charge >= 0.3 is 11.6 Å². The summed E-state index contributed by atoms with van der Waals surface area (Å²) < 4.78 is 4.60. The van der Waals surface area contributed by atoms with E-state index in [0.29, 0.717) is 0 Å². The summed E-state index contributed by atoms with van der Waals surface area (Å²) in [5.74, 6) is 2.12. The molecule has 0 saturated carbocycles. The zero-order chi connectivity index (χ0) is 36.8. The van der Waals surface area contributed by atoms with Gasteiger partial charge in [-0.1, -0.05) is 64.1 Å². The average molecular weight is 691 g/mol. The number of hydrogen-bond acceptors (Lipinski definition) is 4. The Labute approximate surface area is 310 Å². The summed E-state index contributed by atoms with van der Waals surface area (Å²) in [7, 11) is 4.34. The van der Waals surface area contributed by atoms with Crippen molar-refractivity contribution >= 4 is 34.4 Å². The number of aromatic nitrogens is 2. The number of nitrogens with zero attached hydrogens (tertiary/aromatic N) is 6. The van der Waals surface area contributed by atoms with Crippen LogP contribution in [0, 0.1) is 0 Å². The lowest BCUT2D eigenvalue weighted by Crippen LogP contribution is -2.33. The lowest BCUT2D eigenvalue weighted by Gasteiger charge is -2.30. The van der Waals surface area contributed by atoms with E-state index in [0.717, 1.165) is 37.6 Å². The topological polar surface area (TPSA) is 38.3 Å². The third-order valence-electron chi connectivity index (χ3n) is 12.7. The maximum absolute atomic E-state index is 4.79. The van der Waals surface area contributed by atoms with Gasteiger partial charge in [-0.25, -0.2) is 9.15 Å². The van der Waals surface area contributed by atoms with Crippen LogP contribution in [0.15, 0.2) is 109 Å². The third kappa shape index (κ3) is 4.89. The molecule has 2 aromatic heterocycles. The minimum atomic E-state index is -0.141. The maximum Gasteiger partial charge on any atom is 0.327 e. The first-order valence-electron chi connectivity index (χ1n) is 19.0. The van der Waals surface area contributed by atoms with Crippen LogP contribution in [-0.2, 0) is 21.7 Å². The molecule has 4 aromatic rings. The molecular weight excluding hydrogens is 637 g/mol. The minimum Gasteiger partial charge on any atom is -0.344 e. The van der Waals surface area contributed by atoms with Crippen molar-refractivity contribution in [1.29, 1.82) is 0 Å². The summed E-state index contributed by atoms with van der Waals surface area (Å²) in [5, 5.41) is 0. The van der Waals surface area contributed by atoms with Crippen LogP contribution in [0.1, 0.15) is 90.5 Å². The molecule has 6 nitrogen and oxygen atoms in total. The van der Waals surface area contributed by atoms with E-state index in [1.807, 2.05) is 12.4 Å². The van der Waals surface area contributed by atoms with Gasteiger partial charge in [-0.15, -0.1) is 0 Å². The van der Waals surface area contributed by atoms with Crippen LogP contribution >= 0.6 is 0 Å². The smallest absolute Gasteiger partial charge is 0.327 e. The first-order valence-corrected chi connectivity index (χ1v) is 19.0. The van der Waals surface area contributed by atoms with Gasteiger partial charge in [-0.3, -0.25) is 0 Å². The van der Waals surface area contributed by atoms with Crippen molar-refractivity contribution in [2.75, 3.05) is 37.0 Å². The van der Waals surface area contributed by atoms with Gasteiger partial charge in [-0.2, -0.15) is 0 Å². The van der Waals surface area contributed by atoms with Crippen molar-refractivity contribution < 1.29 is 9.15 Å². The molecule has 0 saturated heterocycles. The largest absolute Gasteiger partial charge is 0.344 e. The van der Waals surface area contributed by atoms with Gasteiger partial charge < -0.3 is 9.80 Å². The molecule has 0 fully saturated rings. The molecule has 6 heteroatoms. The molecule has 6 heterocycles. The SMILES string of the molecule is C[N+]1=C(C=C2N(CCCCN3C(=CC4=[N+](C)c5ncccc5C4(C)C)C(C)(C)c4ccccc43)c3ccccc3C2(C)C)C(C)(C)c2cccnc21. The van der Waals surface area contributed by atoms with Crippen molar-refractivity contribution in [3.05, 3.63) is 131 Å². The highest BCUT2D eigenvalue weighted by atomic mass is 15.2. The van der Waals surface area contributed by atoms with Crippen molar-refractivity contribution in [2.24, 2.45) is 0 Å². The Morgan fingerprint density at radius 2 is 0.865 bits per heavy atom. The number of pyridine rings is 2. The number of benzene rings is 2. The third-order valence-corrected chi connectivity index (χ3v) is 12.7. The molecule has 2 aromatic carbocycles. The van der Waals surface area contributed by atoms with Gasteiger partial charge in [0, 0.05) is 58.8 Å². The van der Waals surface area contributed by atoms with E-state index in [-0.39, 0.29) is 21.7 Å². The summed E-state index contributed by atoms with van der Waals surface area (Å²) in [6.45, 7) is 20.8. The number of anilines is 2. The molecule has 266 valence electrons. The first kappa shape index (κ1) is 34.3. The van der Waals surface area contributed by atoms with Gasteiger partial charge in [0.25, 0.3) is 0 Å². The fraction of sp³-hybridized carbons (Fsp3) is 0.391. The monoisotopic (exact) mass is 690 g/mol. The Morgan fingerprint density at radius 1 is 0.500 bits per heavy atom. The molecule has 0 atom stereocenters. The first-order chi connectivity index (χ1) is 24.7. The fourth-order valence-corrected chi connectivity index (χ4v) is 9.68. The lowest BCUT2D eigenvalue weighted by molar-refractivity contribution is -0.406. The van der Waals surface area contributed by atoms with Crippen LogP contribution in [0.25, 0.3) is 0 Å². The maximum atomic E-state index is 4.79. The highest BCUT2D eigenvalue weighted by Crippen LogP contribution is 2.51. The Kier molecular flexibility index (Phi) is 7.80. The molecular formula is C46H54N6+2. The summed E-state index contributed by atoms with van der Waals surface area (Å²) in [5.41, 5.74) is 12.8. The highest BCUT2D eigenvalue weighted by molar-refractivity contribution is 6.05. The van der Waals surface area contributed by atoms with E-state index in [2.05, 4.69) is 173 Å². The van der Waals surface area contributed by atoms with Crippen LogP contribution in [-0.4, -0.2) is 57.7 Å². The highest BCUT2D eigenvalue weighted by Gasteiger charge is 2.48. The summed E-state index contributed by atoms with van der Waals surface area (Å²) >= 11 is 0. The minimum absolute atomic E-state index is 0.125. The van der Waals surface area contributed by atoms with Gasteiger partial charge in [0.05, 0.1) is 36.1 Å². The quantitative estimate of drug-likeness (QED) is 0.143. The van der Waals surface area contributed by atoms with E-state index in [9.17, 15) is 0 Å². The number of hydrogen-bond donors (Lipinski definition) is 0. The van der Waals surface area contributed by atoms with Gasteiger partial charge in [-0.05, 0) is 98.0 Å². The number of rotatable bonds is 7. The van der Waals surface area contributed by atoms with Crippen LogP contribution in [0.2, 0.25) is 0 Å². The van der Waals surface area contributed by atoms with E-state index in [1.54, 1.807) is 0 Å². The second-order valence-electron chi connectivity index (χ2n) is 17.2. The van der Waals surface area contributed by atoms with Crippen molar-refractivity contribution in [2.45, 2.75) is 89.9 Å². The Morgan fingerprint density at radius 3 is 1.25 bits per heavy atom. The zero-order valence-corrected chi connectivity index (χ0v) is 32.7. The lowest BCUT2D eigenvalue weighted by atomic mass is 9.79. The van der Waals surface area contributed by atoms with Crippen LogP contribution in [0.3, 0.4) is 0 Å². The molecule has 0 unspecified atom stereocenters. The van der Waals surface area contributed by atoms with Gasteiger partial charge in [0.2, 0.25) is 0 Å². The summed E-state index contributed by atoms with van der Waals surface area (Å²) in [4.78, 5) is 14.8. The van der Waals surface area contributed by atoms with Crippen molar-refractivity contribution in [1.82, 2.24) is 9.97 Å². The fourth-order valence-electron chi connectivity index (χ4n) is 9.68. The molecule has 52 heavy (non-hydrogen) atoms. The molecule has 0 amide bonds. The van der Waals surface area contributed by atoms with E-state index in [4.69, 9.17) is 9.97 Å². The van der Waals surface area contributed by atoms with Crippen molar-refractivity contribution in [3.8, 4) is 0 Å². The van der Waals surface area contributed by atoms with Crippen LogP contribution in [0.5, 0.6) is 0 Å². The van der Waals surface area contributed by atoms with E-state index < -0.39 is 0 Å². The standard InChI is InChI=1S/C46H54N6/c1-43(2)31-19-11-13-23-35(31)51(39(43)29-37-45(5,6)33-21-17-25-47-41(33)49(37)9)27-15-16-28-52-36-24-14-12-20-32(36)44(3,4)40(52)30-38-46(7,8)34-22-18-26-48-42(34)50(38)10/h11-14,17-26,29-30H,15-16,27-28H2,1-10H3/q+2. The van der Waals surface area contributed by atoms with Crippen molar-refractivity contribution in [3.63, 3.8) is 0 Å². The number of para-hydroxylation sites is 2. The molecule has 0 N–H and O–H groups in total. The predicted molar refractivity (Wildman–Crippen MR) is 215 cm³/mol. The van der Waals surface area contributed by atoms with E-state index >= 15 is 0 Å². The Hall–Kier alpha value is -4.84. The second kappa shape index (κ2) is 11.8. The molecule has 4 aliphatic heterocycles. The molecule has 4 aliphatic rings. The zero-order valence-electron chi connectivity index (χ0n) is 32.7. The number of fused-ring (bicyclic) bond motifs is 4. The van der Waals surface area contributed by atoms with Gasteiger partial charge in [0.1, 0.15) is 23.8 Å². The van der Waals surface area contributed by atoms with Gasteiger partial charge in [0.15, 0.2) is 0 Å².